The molecule has 0 aromatic heterocycles. The van der Waals surface area contributed by atoms with E-state index in [-0.39, 0.29) is 6.61 Å². The van der Waals surface area contributed by atoms with Crippen LogP contribution < -0.4 is 5.32 Å². The van der Waals surface area contributed by atoms with Crippen LogP contribution in [0.15, 0.2) is 12.2 Å². The van der Waals surface area contributed by atoms with E-state index >= 15 is 0 Å². The summed E-state index contributed by atoms with van der Waals surface area (Å²) < 4.78 is 32.6. The number of rotatable bonds is 18. The van der Waals surface area contributed by atoms with Crippen LogP contribution >= 0.6 is 0 Å². The molecule has 0 rings (SSSR count). The van der Waals surface area contributed by atoms with Crippen LogP contribution in [0, 0.1) is 0 Å². The Balaban J connectivity index is 4.01. The summed E-state index contributed by atoms with van der Waals surface area (Å²) in [5, 5.41) is 2.66. The van der Waals surface area contributed by atoms with Crippen molar-refractivity contribution < 1.29 is 22.1 Å². The molecule has 184 valence electrons. The molecular weight excluding hydrogens is 414 g/mol. The largest absolute Gasteiger partial charge is 0.444 e. The van der Waals surface area contributed by atoms with Gasteiger partial charge in [0, 0.05) is 0 Å². The molecule has 31 heavy (non-hydrogen) atoms. The second-order valence-electron chi connectivity index (χ2n) is 9.35. The molecule has 0 aliphatic carbocycles. The highest BCUT2D eigenvalue weighted by Gasteiger charge is 2.19. The second kappa shape index (κ2) is 17.5. The molecule has 0 spiro atoms. The van der Waals surface area contributed by atoms with Crippen LogP contribution in [0.25, 0.3) is 0 Å². The van der Waals surface area contributed by atoms with Gasteiger partial charge in [-0.3, -0.25) is 4.18 Å². The van der Waals surface area contributed by atoms with Crippen LogP contribution in [0.3, 0.4) is 0 Å². The number of carbonyl (C=O) groups excluding carboxylic acids is 1. The first kappa shape index (κ1) is 29.9. The normalized spacial score (nSPS) is 13.5. The number of nitrogens with one attached hydrogen (secondary N) is 1. The summed E-state index contributed by atoms with van der Waals surface area (Å²) in [4.78, 5) is 12.0. The molecular formula is C24H47NO5S. The van der Waals surface area contributed by atoms with Crippen LogP contribution in [0.1, 0.15) is 111 Å². The summed E-state index contributed by atoms with van der Waals surface area (Å²) in [5.41, 5.74) is -0.620. The van der Waals surface area contributed by atoms with Crippen LogP contribution in [0.5, 0.6) is 0 Å². The fraction of sp³-hybridized carbons (Fsp3) is 0.875. The van der Waals surface area contributed by atoms with E-state index < -0.39 is 27.9 Å². The second-order valence-corrected chi connectivity index (χ2v) is 11.0. The molecule has 1 N–H and O–H groups in total. The topological polar surface area (TPSA) is 81.7 Å². The van der Waals surface area contributed by atoms with Crippen LogP contribution in [-0.4, -0.2) is 39.0 Å². The lowest BCUT2D eigenvalue weighted by Gasteiger charge is -2.22. The van der Waals surface area contributed by atoms with Gasteiger partial charge in [0.05, 0.1) is 18.9 Å². The summed E-state index contributed by atoms with van der Waals surface area (Å²) in [6.45, 7) is 7.43. The molecule has 0 heterocycles. The monoisotopic (exact) mass is 461 g/mol. The number of allylic oxidation sites excluding steroid dienone is 1. The van der Waals surface area contributed by atoms with Crippen molar-refractivity contribution in [2.45, 2.75) is 123 Å². The Labute approximate surface area is 191 Å². The maximum Gasteiger partial charge on any atom is 0.408 e. The van der Waals surface area contributed by atoms with Gasteiger partial charge in [0.15, 0.2) is 0 Å². The van der Waals surface area contributed by atoms with E-state index in [2.05, 4.69) is 12.2 Å². The summed E-state index contributed by atoms with van der Waals surface area (Å²) >= 11 is 0. The molecule has 0 aliphatic heterocycles. The molecule has 0 aliphatic rings. The van der Waals surface area contributed by atoms with Gasteiger partial charge in [-0.25, -0.2) is 4.79 Å². The van der Waals surface area contributed by atoms with Crippen molar-refractivity contribution in [3.05, 3.63) is 12.2 Å². The fourth-order valence-electron chi connectivity index (χ4n) is 3.16. The minimum Gasteiger partial charge on any atom is -0.444 e. The Hall–Kier alpha value is -1.08. The van der Waals surface area contributed by atoms with Gasteiger partial charge in [0.1, 0.15) is 5.60 Å². The van der Waals surface area contributed by atoms with E-state index in [0.29, 0.717) is 0 Å². The first-order valence-electron chi connectivity index (χ1n) is 12.0. The van der Waals surface area contributed by atoms with Crippen molar-refractivity contribution in [3.8, 4) is 0 Å². The Morgan fingerprint density at radius 1 is 0.903 bits per heavy atom. The van der Waals surface area contributed by atoms with Crippen molar-refractivity contribution in [2.75, 3.05) is 12.9 Å². The minimum atomic E-state index is -3.57. The Morgan fingerprint density at radius 3 is 1.84 bits per heavy atom. The van der Waals surface area contributed by atoms with E-state index in [1.165, 1.54) is 70.6 Å². The lowest BCUT2D eigenvalue weighted by molar-refractivity contribution is 0.0502. The molecule has 0 fully saturated rings. The van der Waals surface area contributed by atoms with E-state index in [1.807, 2.05) is 6.08 Å². The van der Waals surface area contributed by atoms with Gasteiger partial charge in [-0.1, -0.05) is 89.7 Å². The summed E-state index contributed by atoms with van der Waals surface area (Å²) in [6.07, 6.45) is 20.8. The van der Waals surface area contributed by atoms with Gasteiger partial charge in [0.2, 0.25) is 0 Å². The summed E-state index contributed by atoms with van der Waals surface area (Å²) in [5.74, 6) is 0. The van der Waals surface area contributed by atoms with Gasteiger partial charge in [-0.05, 0) is 33.6 Å². The van der Waals surface area contributed by atoms with Gasteiger partial charge in [-0.15, -0.1) is 0 Å². The van der Waals surface area contributed by atoms with Crippen LogP contribution in [-0.2, 0) is 19.0 Å². The molecule has 6 nitrogen and oxygen atoms in total. The maximum absolute atomic E-state index is 12.0. The molecule has 1 amide bonds. The average Bonchev–Trinajstić information content (AvgIpc) is 2.64. The van der Waals surface area contributed by atoms with Crippen molar-refractivity contribution >= 4 is 16.2 Å². The van der Waals surface area contributed by atoms with Gasteiger partial charge in [0.25, 0.3) is 10.1 Å². The predicted octanol–water partition coefficient (Wildman–Crippen LogP) is 6.50. The number of amides is 1. The highest BCUT2D eigenvalue weighted by atomic mass is 32.2. The molecule has 0 aromatic rings. The smallest absolute Gasteiger partial charge is 0.408 e. The number of ether oxygens (including phenoxy) is 1. The summed E-state index contributed by atoms with van der Waals surface area (Å²) in [7, 11) is -3.57. The lowest BCUT2D eigenvalue weighted by Crippen LogP contribution is -2.40. The van der Waals surface area contributed by atoms with Crippen LogP contribution in [0.4, 0.5) is 4.79 Å². The predicted molar refractivity (Wildman–Crippen MR) is 129 cm³/mol. The lowest BCUT2D eigenvalue weighted by atomic mass is 10.0. The fourth-order valence-corrected chi connectivity index (χ4v) is 3.56. The highest BCUT2D eigenvalue weighted by molar-refractivity contribution is 7.85. The van der Waals surface area contributed by atoms with Crippen molar-refractivity contribution in [3.63, 3.8) is 0 Å². The van der Waals surface area contributed by atoms with E-state index in [0.717, 1.165) is 19.1 Å². The number of carbonyl (C=O) groups is 1. The standard InChI is InChI=1S/C24H47NO5S/c1-6-7-8-9-10-11-12-13-14-15-16-17-18-19-20-22(21-29-31(5,27)28)25-23(26)30-24(2,3)4/h19-20,22H,6-18,21H2,1-5H3,(H,25,26)/b20-19-/t22-/m1/s1. The SMILES string of the molecule is CCCCCCCCCCCCCC/C=C\[C@H](COS(C)(=O)=O)NC(=O)OC(C)(C)C. The van der Waals surface area contributed by atoms with E-state index in [1.54, 1.807) is 26.8 Å². The number of hydrogen-bond donors (Lipinski definition) is 1. The molecule has 0 bridgehead atoms. The van der Waals surface area contributed by atoms with Crippen LogP contribution in [0.2, 0.25) is 0 Å². The van der Waals surface area contributed by atoms with Gasteiger partial charge in [-0.2, -0.15) is 8.42 Å². The maximum atomic E-state index is 12.0. The minimum absolute atomic E-state index is 0.146. The van der Waals surface area contributed by atoms with Crippen molar-refractivity contribution in [1.82, 2.24) is 5.32 Å². The molecule has 7 heteroatoms. The number of hydrogen-bond acceptors (Lipinski definition) is 5. The first-order valence-corrected chi connectivity index (χ1v) is 13.9. The molecule has 0 saturated heterocycles. The zero-order valence-corrected chi connectivity index (χ0v) is 21.4. The van der Waals surface area contributed by atoms with E-state index in [4.69, 9.17) is 8.92 Å². The third-order valence-electron chi connectivity index (χ3n) is 4.76. The summed E-state index contributed by atoms with van der Waals surface area (Å²) in [6, 6.07) is -0.554. The van der Waals surface area contributed by atoms with E-state index in [9.17, 15) is 13.2 Å². The Morgan fingerprint density at radius 2 is 1.39 bits per heavy atom. The van der Waals surface area contributed by atoms with Gasteiger partial charge >= 0.3 is 6.09 Å². The van der Waals surface area contributed by atoms with Gasteiger partial charge < -0.3 is 10.1 Å². The highest BCUT2D eigenvalue weighted by Crippen LogP contribution is 2.13. The quantitative estimate of drug-likeness (QED) is 0.143. The number of unbranched alkanes of at least 4 members (excludes halogenated alkanes) is 12. The molecule has 0 aromatic carbocycles. The van der Waals surface area contributed by atoms with Crippen molar-refractivity contribution in [2.24, 2.45) is 0 Å². The zero-order valence-electron chi connectivity index (χ0n) is 20.6. The number of alkyl carbamates (subject to hydrolysis) is 1. The Kier molecular flexibility index (Phi) is 16.9. The third kappa shape index (κ3) is 23.4. The average molecular weight is 462 g/mol. The molecule has 0 unspecified atom stereocenters. The first-order chi connectivity index (χ1) is 14.5. The molecule has 0 saturated carbocycles. The zero-order chi connectivity index (χ0) is 23.6. The molecule has 0 radical (unpaired) electrons. The third-order valence-corrected chi connectivity index (χ3v) is 5.32. The van der Waals surface area contributed by atoms with Crippen molar-refractivity contribution in [1.29, 1.82) is 0 Å². The Bertz CT molecular complexity index is 581. The molecule has 1 atom stereocenters.